The van der Waals surface area contributed by atoms with Crippen molar-refractivity contribution in [2.45, 2.75) is 0 Å². The van der Waals surface area contributed by atoms with Crippen LogP contribution in [0.3, 0.4) is 0 Å². The zero-order valence-electron chi connectivity index (χ0n) is 15.1. The maximum Gasteiger partial charge on any atom is 0.172 e. The van der Waals surface area contributed by atoms with Crippen LogP contribution in [-0.4, -0.2) is 13.1 Å². The van der Waals surface area contributed by atoms with E-state index in [-0.39, 0.29) is 0 Å². The summed E-state index contributed by atoms with van der Waals surface area (Å²) in [4.78, 5) is 4.50. The van der Waals surface area contributed by atoms with Crippen molar-refractivity contribution in [2.75, 3.05) is 0 Å². The summed E-state index contributed by atoms with van der Waals surface area (Å²) in [5.74, 6) is 0. The van der Waals surface area contributed by atoms with E-state index >= 15 is 0 Å². The summed E-state index contributed by atoms with van der Waals surface area (Å²) in [5.41, 5.74) is 3.40. The van der Waals surface area contributed by atoms with Crippen LogP contribution >= 0.6 is 0 Å². The Hall–Kier alpha value is -3.23. The quantitative estimate of drug-likeness (QED) is 0.388. The van der Waals surface area contributed by atoms with Gasteiger partial charge in [-0.15, -0.1) is 0 Å². The molecule has 4 aromatic rings. The molecule has 1 nitrogen and oxygen atoms in total. The van der Waals surface area contributed by atoms with Crippen molar-refractivity contribution < 1.29 is 0 Å². The Morgan fingerprint density at radius 1 is 0.519 bits per heavy atom. The number of pyridine rings is 1. The average molecular weight is 364 g/mol. The molecule has 1 heterocycles. The highest BCUT2D eigenvalue weighted by atomic mass is 28.3. The summed E-state index contributed by atoms with van der Waals surface area (Å²) < 4.78 is 0. The van der Waals surface area contributed by atoms with Crippen LogP contribution in [0, 0.1) is 0 Å². The lowest BCUT2D eigenvalue weighted by Gasteiger charge is -2.30. The third-order valence-electron chi connectivity index (χ3n) is 4.88. The van der Waals surface area contributed by atoms with E-state index in [4.69, 9.17) is 0 Å². The SMILES string of the molecule is C(=C\[Si](c1ccccc1)(c1ccccc1)c1ccccc1)/c1ccccn1. The van der Waals surface area contributed by atoms with Gasteiger partial charge in [-0.2, -0.15) is 0 Å². The van der Waals surface area contributed by atoms with Gasteiger partial charge in [-0.25, -0.2) is 0 Å². The van der Waals surface area contributed by atoms with E-state index in [9.17, 15) is 0 Å². The summed E-state index contributed by atoms with van der Waals surface area (Å²) >= 11 is 0. The minimum Gasteiger partial charge on any atom is -0.257 e. The molecule has 0 unspecified atom stereocenters. The van der Waals surface area contributed by atoms with Gasteiger partial charge in [-0.05, 0) is 33.8 Å². The maximum atomic E-state index is 4.50. The highest BCUT2D eigenvalue weighted by Crippen LogP contribution is 2.11. The van der Waals surface area contributed by atoms with Crippen molar-refractivity contribution in [2.24, 2.45) is 0 Å². The number of hydrogen-bond donors (Lipinski definition) is 0. The van der Waals surface area contributed by atoms with Crippen LogP contribution in [0.2, 0.25) is 0 Å². The molecule has 0 aliphatic rings. The molecule has 130 valence electrons. The smallest absolute Gasteiger partial charge is 0.172 e. The van der Waals surface area contributed by atoms with Crippen LogP contribution in [0.15, 0.2) is 121 Å². The van der Waals surface area contributed by atoms with E-state index < -0.39 is 8.07 Å². The van der Waals surface area contributed by atoms with Gasteiger partial charge in [0, 0.05) is 6.20 Å². The highest BCUT2D eigenvalue weighted by Gasteiger charge is 2.36. The van der Waals surface area contributed by atoms with Crippen molar-refractivity contribution in [3.05, 3.63) is 127 Å². The first-order valence-electron chi connectivity index (χ1n) is 9.16. The molecule has 0 saturated carbocycles. The number of rotatable bonds is 5. The van der Waals surface area contributed by atoms with E-state index in [1.807, 2.05) is 18.3 Å². The first-order chi connectivity index (χ1) is 13.4. The lowest BCUT2D eigenvalue weighted by atomic mass is 10.3. The molecule has 0 N–H and O–H groups in total. The Morgan fingerprint density at radius 2 is 0.963 bits per heavy atom. The molecule has 0 atom stereocenters. The molecule has 0 saturated heterocycles. The third-order valence-corrected chi connectivity index (χ3v) is 9.28. The van der Waals surface area contributed by atoms with Crippen molar-refractivity contribution in [1.82, 2.24) is 4.98 Å². The molecular formula is C25H21NSi. The van der Waals surface area contributed by atoms with Gasteiger partial charge in [0.1, 0.15) is 0 Å². The predicted molar refractivity (Wildman–Crippen MR) is 117 cm³/mol. The molecule has 0 fully saturated rings. The molecule has 2 heteroatoms. The third kappa shape index (κ3) is 3.53. The monoisotopic (exact) mass is 363 g/mol. The standard InChI is InChI=1S/C25H21NSi/c1-4-13-23(14-5-1)27(24-15-6-2-7-16-24,25-17-8-3-9-18-25)21-19-22-12-10-11-20-26-22/h1-21H/b21-19+. The Balaban J connectivity index is 1.99. The lowest BCUT2D eigenvalue weighted by Crippen LogP contribution is -2.66. The molecule has 0 radical (unpaired) electrons. The van der Waals surface area contributed by atoms with E-state index in [1.165, 1.54) is 15.6 Å². The fourth-order valence-electron chi connectivity index (χ4n) is 3.58. The fourth-order valence-corrected chi connectivity index (χ4v) is 7.73. The Kier molecular flexibility index (Phi) is 5.08. The molecule has 4 rings (SSSR count). The first-order valence-corrected chi connectivity index (χ1v) is 11.2. The molecule has 0 spiro atoms. The summed E-state index contributed by atoms with van der Waals surface area (Å²) in [5, 5.41) is 4.11. The van der Waals surface area contributed by atoms with Crippen LogP contribution < -0.4 is 15.6 Å². The molecule has 0 bridgehead atoms. The second-order valence-corrected chi connectivity index (χ2v) is 10.2. The second kappa shape index (κ2) is 7.98. The van der Waals surface area contributed by atoms with E-state index in [2.05, 4.69) is 114 Å². The molecule has 3 aromatic carbocycles. The molecule has 0 aliphatic heterocycles. The second-order valence-electron chi connectivity index (χ2n) is 6.49. The number of hydrogen-bond acceptors (Lipinski definition) is 1. The average Bonchev–Trinajstić information content (AvgIpc) is 2.77. The zero-order valence-corrected chi connectivity index (χ0v) is 16.1. The maximum absolute atomic E-state index is 4.50. The van der Waals surface area contributed by atoms with Gasteiger partial charge in [0.05, 0.1) is 5.69 Å². The summed E-state index contributed by atoms with van der Waals surface area (Å²) in [6.45, 7) is 0. The van der Waals surface area contributed by atoms with Gasteiger partial charge < -0.3 is 0 Å². The molecule has 0 aliphatic carbocycles. The Bertz CT molecular complexity index is 900. The summed E-state index contributed by atoms with van der Waals surface area (Å²) in [6.07, 6.45) is 4.02. The minimum absolute atomic E-state index is 0.983. The van der Waals surface area contributed by atoms with Gasteiger partial charge in [0.15, 0.2) is 8.07 Å². The van der Waals surface area contributed by atoms with Crippen LogP contribution in [0.5, 0.6) is 0 Å². The van der Waals surface area contributed by atoms with Crippen molar-refractivity contribution in [1.29, 1.82) is 0 Å². The van der Waals surface area contributed by atoms with Gasteiger partial charge in [-0.1, -0.05) is 103 Å². The normalized spacial score (nSPS) is 11.6. The first kappa shape index (κ1) is 17.2. The van der Waals surface area contributed by atoms with Gasteiger partial charge in [0.2, 0.25) is 0 Å². The number of nitrogens with zero attached hydrogens (tertiary/aromatic N) is 1. The van der Waals surface area contributed by atoms with E-state index in [0.717, 1.165) is 5.69 Å². The van der Waals surface area contributed by atoms with Crippen molar-refractivity contribution in [3.63, 3.8) is 0 Å². The van der Waals surface area contributed by atoms with Crippen molar-refractivity contribution >= 4 is 29.7 Å². The minimum atomic E-state index is -2.33. The Morgan fingerprint density at radius 3 is 1.37 bits per heavy atom. The van der Waals surface area contributed by atoms with Gasteiger partial charge in [-0.3, -0.25) is 4.98 Å². The number of benzene rings is 3. The zero-order chi connectivity index (χ0) is 18.4. The summed E-state index contributed by atoms with van der Waals surface area (Å²) in [7, 11) is -2.33. The van der Waals surface area contributed by atoms with Gasteiger partial charge in [0.25, 0.3) is 0 Å². The Labute approximate surface area is 161 Å². The van der Waals surface area contributed by atoms with Gasteiger partial charge >= 0.3 is 0 Å². The highest BCUT2D eigenvalue weighted by molar-refractivity contribution is 7.15. The largest absolute Gasteiger partial charge is 0.257 e. The fraction of sp³-hybridized carbons (Fsp3) is 0. The lowest BCUT2D eigenvalue weighted by molar-refractivity contribution is 1.30. The topological polar surface area (TPSA) is 12.9 Å². The summed E-state index contributed by atoms with van der Waals surface area (Å²) in [6, 6.07) is 38.7. The molecular weight excluding hydrogens is 342 g/mol. The molecule has 1 aromatic heterocycles. The van der Waals surface area contributed by atoms with E-state index in [1.54, 1.807) is 0 Å². The van der Waals surface area contributed by atoms with E-state index in [0.29, 0.717) is 0 Å². The predicted octanol–water partition coefficient (Wildman–Crippen LogP) is 3.80. The number of aromatic nitrogens is 1. The van der Waals surface area contributed by atoms with Crippen LogP contribution in [0.1, 0.15) is 5.69 Å². The van der Waals surface area contributed by atoms with Crippen LogP contribution in [0.25, 0.3) is 6.08 Å². The van der Waals surface area contributed by atoms with Crippen molar-refractivity contribution in [3.8, 4) is 0 Å². The molecule has 27 heavy (non-hydrogen) atoms. The molecule has 0 amide bonds. The van der Waals surface area contributed by atoms with Crippen LogP contribution in [-0.2, 0) is 0 Å². The van der Waals surface area contributed by atoms with Crippen LogP contribution in [0.4, 0.5) is 0 Å².